The number of carbonyl (C=O) groups excluding carboxylic acids is 1. The third-order valence-corrected chi connectivity index (χ3v) is 3.12. The van der Waals surface area contributed by atoms with Crippen LogP contribution in [0.25, 0.3) is 0 Å². The van der Waals surface area contributed by atoms with Gasteiger partial charge in [-0.2, -0.15) is 5.10 Å². The van der Waals surface area contributed by atoms with Gasteiger partial charge in [-0.25, -0.2) is 0 Å². The highest BCUT2D eigenvalue weighted by Gasteiger charge is 2.17. The second-order valence-electron chi connectivity index (χ2n) is 4.64. The molecule has 0 atom stereocenters. The summed E-state index contributed by atoms with van der Waals surface area (Å²) >= 11 is 0. The predicted octanol–water partition coefficient (Wildman–Crippen LogP) is 0.989. The van der Waals surface area contributed by atoms with Crippen LogP contribution in [0.15, 0.2) is 24.3 Å². The summed E-state index contributed by atoms with van der Waals surface area (Å²) in [7, 11) is 1.69. The third kappa shape index (κ3) is 2.90. The number of aryl methyl sites for hydroxylation is 2. The number of aromatic hydroxyl groups is 1. The molecule has 0 fully saturated rings. The van der Waals surface area contributed by atoms with E-state index in [1.807, 2.05) is 12.1 Å². The van der Waals surface area contributed by atoms with Gasteiger partial charge in [0.15, 0.2) is 0 Å². The molecule has 6 nitrogen and oxygen atoms in total. The topological polar surface area (TPSA) is 93.2 Å². The Bertz CT molecular complexity index is 617. The number of benzene rings is 1. The number of nitrogens with zero attached hydrogens (tertiary/aromatic N) is 2. The summed E-state index contributed by atoms with van der Waals surface area (Å²) in [5.41, 5.74) is 8.31. The molecule has 0 unspecified atom stereocenters. The molecule has 0 aliphatic carbocycles. The zero-order chi connectivity index (χ0) is 14.7. The second-order valence-corrected chi connectivity index (χ2v) is 4.64. The number of carbonyl (C=O) groups is 1. The molecule has 1 aromatic heterocycles. The van der Waals surface area contributed by atoms with Gasteiger partial charge in [0.1, 0.15) is 11.4 Å². The molecule has 2 aromatic rings. The smallest absolute Gasteiger partial charge is 0.271 e. The Hall–Kier alpha value is -2.50. The highest BCUT2D eigenvalue weighted by atomic mass is 16.3. The van der Waals surface area contributed by atoms with E-state index in [-0.39, 0.29) is 11.7 Å². The largest absolute Gasteiger partial charge is 0.508 e. The van der Waals surface area contributed by atoms with Crippen LogP contribution in [0.1, 0.15) is 21.7 Å². The quantitative estimate of drug-likeness (QED) is 0.775. The molecule has 0 aliphatic heterocycles. The van der Waals surface area contributed by atoms with E-state index in [2.05, 4.69) is 10.4 Å². The van der Waals surface area contributed by atoms with Crippen molar-refractivity contribution in [1.82, 2.24) is 15.1 Å². The lowest BCUT2D eigenvalue weighted by Gasteiger charge is -2.06. The number of phenolic OH excluding ortho intramolecular Hbond substituents is 1. The fourth-order valence-electron chi connectivity index (χ4n) is 2.01. The van der Waals surface area contributed by atoms with Crippen LogP contribution in [0.2, 0.25) is 0 Å². The van der Waals surface area contributed by atoms with Crippen molar-refractivity contribution in [2.24, 2.45) is 7.05 Å². The van der Waals surface area contributed by atoms with Gasteiger partial charge in [0.2, 0.25) is 0 Å². The van der Waals surface area contributed by atoms with E-state index in [0.29, 0.717) is 30.0 Å². The van der Waals surface area contributed by atoms with Gasteiger partial charge in [-0.15, -0.1) is 0 Å². The van der Waals surface area contributed by atoms with Crippen LogP contribution >= 0.6 is 0 Å². The van der Waals surface area contributed by atoms with Gasteiger partial charge in [-0.05, 0) is 31.0 Å². The molecule has 0 spiro atoms. The van der Waals surface area contributed by atoms with Crippen molar-refractivity contribution in [1.29, 1.82) is 0 Å². The monoisotopic (exact) mass is 274 g/mol. The van der Waals surface area contributed by atoms with Gasteiger partial charge in [0, 0.05) is 13.6 Å². The van der Waals surface area contributed by atoms with Crippen LogP contribution in [-0.4, -0.2) is 27.3 Å². The summed E-state index contributed by atoms with van der Waals surface area (Å²) in [6.45, 7) is 2.26. The first-order chi connectivity index (χ1) is 9.49. The minimum absolute atomic E-state index is 0.232. The molecule has 1 amide bonds. The molecule has 0 bridgehead atoms. The van der Waals surface area contributed by atoms with E-state index in [1.54, 1.807) is 26.1 Å². The maximum atomic E-state index is 12.1. The number of nitrogen functional groups attached to an aromatic ring is 1. The van der Waals surface area contributed by atoms with Crippen LogP contribution in [0.3, 0.4) is 0 Å². The Balaban J connectivity index is 1.94. The van der Waals surface area contributed by atoms with Crippen molar-refractivity contribution >= 4 is 11.6 Å². The van der Waals surface area contributed by atoms with Crippen LogP contribution in [0.4, 0.5) is 5.69 Å². The molecular weight excluding hydrogens is 256 g/mol. The zero-order valence-corrected chi connectivity index (χ0v) is 11.6. The Morgan fingerprint density at radius 2 is 2.05 bits per heavy atom. The molecule has 1 aromatic carbocycles. The molecule has 0 saturated heterocycles. The van der Waals surface area contributed by atoms with E-state index in [1.165, 1.54) is 4.68 Å². The molecule has 1 heterocycles. The highest BCUT2D eigenvalue weighted by Crippen LogP contribution is 2.15. The first-order valence-corrected chi connectivity index (χ1v) is 6.34. The van der Waals surface area contributed by atoms with Crippen molar-refractivity contribution < 1.29 is 9.90 Å². The van der Waals surface area contributed by atoms with E-state index in [4.69, 9.17) is 5.73 Å². The van der Waals surface area contributed by atoms with Crippen LogP contribution in [-0.2, 0) is 13.5 Å². The van der Waals surface area contributed by atoms with Gasteiger partial charge < -0.3 is 16.2 Å². The predicted molar refractivity (Wildman–Crippen MR) is 76.5 cm³/mol. The van der Waals surface area contributed by atoms with Gasteiger partial charge in [-0.1, -0.05) is 12.1 Å². The number of anilines is 1. The molecule has 20 heavy (non-hydrogen) atoms. The number of hydrogen-bond donors (Lipinski definition) is 3. The van der Waals surface area contributed by atoms with Gasteiger partial charge in [-0.3, -0.25) is 9.48 Å². The number of aromatic nitrogens is 2. The Morgan fingerprint density at radius 3 is 2.60 bits per heavy atom. The van der Waals surface area contributed by atoms with Gasteiger partial charge in [0.05, 0.1) is 11.4 Å². The van der Waals surface area contributed by atoms with Gasteiger partial charge in [0.25, 0.3) is 5.91 Å². The molecule has 4 N–H and O–H groups in total. The third-order valence-electron chi connectivity index (χ3n) is 3.12. The van der Waals surface area contributed by atoms with Crippen molar-refractivity contribution in [3.63, 3.8) is 0 Å². The Morgan fingerprint density at radius 1 is 1.40 bits per heavy atom. The lowest BCUT2D eigenvalue weighted by molar-refractivity contribution is 0.0945. The first-order valence-electron chi connectivity index (χ1n) is 6.34. The number of rotatable bonds is 4. The Kier molecular flexibility index (Phi) is 3.93. The standard InChI is InChI=1S/C14H18N4O2/c1-9-12(15)13(18(2)17-9)14(20)16-8-7-10-3-5-11(19)6-4-10/h3-6,19H,7-8,15H2,1-2H3,(H,16,20). The highest BCUT2D eigenvalue weighted by molar-refractivity contribution is 5.97. The minimum Gasteiger partial charge on any atom is -0.508 e. The normalized spacial score (nSPS) is 10.5. The first kappa shape index (κ1) is 13.9. The van der Waals surface area contributed by atoms with E-state index >= 15 is 0 Å². The van der Waals surface area contributed by atoms with E-state index in [9.17, 15) is 9.90 Å². The fraction of sp³-hybridized carbons (Fsp3) is 0.286. The van der Waals surface area contributed by atoms with Crippen molar-refractivity contribution in [2.45, 2.75) is 13.3 Å². The molecule has 0 radical (unpaired) electrons. The van der Waals surface area contributed by atoms with Crippen molar-refractivity contribution in [3.8, 4) is 5.75 Å². The molecule has 0 aliphatic rings. The summed E-state index contributed by atoms with van der Waals surface area (Å²) < 4.78 is 1.49. The van der Waals surface area contributed by atoms with Crippen molar-refractivity contribution in [3.05, 3.63) is 41.2 Å². The maximum Gasteiger partial charge on any atom is 0.271 e. The van der Waals surface area contributed by atoms with Crippen LogP contribution < -0.4 is 11.1 Å². The van der Waals surface area contributed by atoms with E-state index < -0.39 is 0 Å². The van der Waals surface area contributed by atoms with E-state index in [0.717, 1.165) is 5.56 Å². The average Bonchev–Trinajstić information content (AvgIpc) is 2.65. The van der Waals surface area contributed by atoms with Crippen molar-refractivity contribution in [2.75, 3.05) is 12.3 Å². The zero-order valence-electron chi connectivity index (χ0n) is 11.6. The summed E-state index contributed by atoms with van der Waals surface area (Å²) in [6, 6.07) is 6.90. The molecule has 0 saturated carbocycles. The average molecular weight is 274 g/mol. The number of nitrogens with one attached hydrogen (secondary N) is 1. The summed E-state index contributed by atoms with van der Waals surface area (Å²) in [5.74, 6) is 0.000275. The second kappa shape index (κ2) is 5.64. The van der Waals surface area contributed by atoms with Crippen LogP contribution in [0.5, 0.6) is 5.75 Å². The summed E-state index contributed by atoms with van der Waals surface area (Å²) in [5, 5.41) is 16.1. The summed E-state index contributed by atoms with van der Waals surface area (Å²) in [6.07, 6.45) is 0.683. The van der Waals surface area contributed by atoms with Gasteiger partial charge >= 0.3 is 0 Å². The number of phenols is 1. The lowest BCUT2D eigenvalue weighted by atomic mass is 10.1. The minimum atomic E-state index is -0.232. The number of amides is 1. The number of hydrogen-bond acceptors (Lipinski definition) is 4. The number of nitrogens with two attached hydrogens (primary N) is 1. The van der Waals surface area contributed by atoms with Crippen LogP contribution in [0, 0.1) is 6.92 Å². The SMILES string of the molecule is Cc1nn(C)c(C(=O)NCCc2ccc(O)cc2)c1N. The molecule has 2 rings (SSSR count). The molecular formula is C14H18N4O2. The molecule has 6 heteroatoms. The summed E-state index contributed by atoms with van der Waals surface area (Å²) in [4.78, 5) is 12.1. The maximum absolute atomic E-state index is 12.1. The fourth-order valence-corrected chi connectivity index (χ4v) is 2.01. The Labute approximate surface area is 117 Å². The lowest BCUT2D eigenvalue weighted by Crippen LogP contribution is -2.28. The molecule has 106 valence electrons.